The van der Waals surface area contributed by atoms with Crippen molar-refractivity contribution in [2.24, 2.45) is 11.7 Å². The molecule has 1 amide bonds. The molecular formula is C10H18N2O3. The Kier molecular flexibility index (Phi) is 3.68. The zero-order valence-electron chi connectivity index (χ0n) is 8.95. The Labute approximate surface area is 89.0 Å². The van der Waals surface area contributed by atoms with Crippen LogP contribution in [0.25, 0.3) is 0 Å². The molecule has 4 N–H and O–H groups in total. The molecular weight excluding hydrogens is 196 g/mol. The fourth-order valence-corrected chi connectivity index (χ4v) is 1.66. The van der Waals surface area contributed by atoms with Gasteiger partial charge in [0.1, 0.15) is 5.54 Å². The van der Waals surface area contributed by atoms with E-state index in [9.17, 15) is 9.59 Å². The second-order valence-electron chi connectivity index (χ2n) is 4.21. The summed E-state index contributed by atoms with van der Waals surface area (Å²) in [7, 11) is 0. The standard InChI is InChI=1S/C10H18N2O3/c1-7(3-6-11)8(13)12-10(9(14)15)4-2-5-10/h7H,2-6,11H2,1H3,(H,12,13)(H,14,15). The lowest BCUT2D eigenvalue weighted by molar-refractivity contribution is -0.152. The summed E-state index contributed by atoms with van der Waals surface area (Å²) in [6, 6.07) is 0. The molecule has 1 atom stereocenters. The second-order valence-corrected chi connectivity index (χ2v) is 4.21. The van der Waals surface area contributed by atoms with Crippen LogP contribution in [0.15, 0.2) is 0 Å². The van der Waals surface area contributed by atoms with Crippen molar-refractivity contribution in [2.45, 2.75) is 38.1 Å². The molecule has 1 rings (SSSR count). The van der Waals surface area contributed by atoms with Gasteiger partial charge in [0, 0.05) is 5.92 Å². The van der Waals surface area contributed by atoms with Gasteiger partial charge in [0.25, 0.3) is 0 Å². The molecule has 0 radical (unpaired) electrons. The van der Waals surface area contributed by atoms with Gasteiger partial charge >= 0.3 is 5.97 Å². The molecule has 1 saturated carbocycles. The van der Waals surface area contributed by atoms with E-state index in [1.807, 2.05) is 0 Å². The van der Waals surface area contributed by atoms with Gasteiger partial charge in [0.2, 0.25) is 5.91 Å². The molecule has 15 heavy (non-hydrogen) atoms. The van der Waals surface area contributed by atoms with Crippen LogP contribution in [0, 0.1) is 5.92 Å². The van der Waals surface area contributed by atoms with E-state index in [1.165, 1.54) is 0 Å². The predicted molar refractivity (Wildman–Crippen MR) is 55.2 cm³/mol. The number of nitrogens with two attached hydrogens (primary N) is 1. The summed E-state index contributed by atoms with van der Waals surface area (Å²) in [5, 5.41) is 11.6. The van der Waals surface area contributed by atoms with Gasteiger partial charge in [0.05, 0.1) is 0 Å². The number of carbonyl (C=O) groups is 2. The molecule has 0 aromatic carbocycles. The average molecular weight is 214 g/mol. The monoisotopic (exact) mass is 214 g/mol. The van der Waals surface area contributed by atoms with Gasteiger partial charge in [-0.3, -0.25) is 4.79 Å². The summed E-state index contributed by atoms with van der Waals surface area (Å²) in [6.45, 7) is 2.20. The fraction of sp³-hybridized carbons (Fsp3) is 0.800. The Balaban J connectivity index is 2.52. The molecule has 5 heteroatoms. The first kappa shape index (κ1) is 12.0. The Bertz CT molecular complexity index is 261. The summed E-state index contributed by atoms with van der Waals surface area (Å²) in [5.41, 5.74) is 4.34. The van der Waals surface area contributed by atoms with Gasteiger partial charge in [-0.2, -0.15) is 0 Å². The van der Waals surface area contributed by atoms with Crippen LogP contribution in [0.2, 0.25) is 0 Å². The largest absolute Gasteiger partial charge is 0.480 e. The lowest BCUT2D eigenvalue weighted by atomic mass is 9.76. The van der Waals surface area contributed by atoms with Gasteiger partial charge in [-0.1, -0.05) is 6.92 Å². The highest BCUT2D eigenvalue weighted by Gasteiger charge is 2.45. The topological polar surface area (TPSA) is 92.4 Å². The minimum Gasteiger partial charge on any atom is -0.480 e. The van der Waals surface area contributed by atoms with E-state index in [0.29, 0.717) is 25.8 Å². The molecule has 0 aromatic heterocycles. The van der Waals surface area contributed by atoms with Crippen molar-refractivity contribution in [3.8, 4) is 0 Å². The summed E-state index contributed by atoms with van der Waals surface area (Å²) in [6.07, 6.45) is 2.51. The molecule has 1 fully saturated rings. The molecule has 1 unspecified atom stereocenters. The lowest BCUT2D eigenvalue weighted by Gasteiger charge is -2.38. The molecule has 5 nitrogen and oxygen atoms in total. The van der Waals surface area contributed by atoms with Crippen molar-refractivity contribution in [3.63, 3.8) is 0 Å². The van der Waals surface area contributed by atoms with Gasteiger partial charge in [0.15, 0.2) is 0 Å². The molecule has 0 bridgehead atoms. The molecule has 1 aliphatic rings. The van der Waals surface area contributed by atoms with E-state index < -0.39 is 11.5 Å². The van der Waals surface area contributed by atoms with Crippen LogP contribution < -0.4 is 11.1 Å². The third-order valence-electron chi connectivity index (χ3n) is 3.03. The van der Waals surface area contributed by atoms with Crippen LogP contribution in [0.4, 0.5) is 0 Å². The first-order valence-electron chi connectivity index (χ1n) is 5.27. The minimum atomic E-state index is -1.00. The van der Waals surface area contributed by atoms with Gasteiger partial charge < -0.3 is 16.2 Å². The number of aliphatic carboxylic acids is 1. The summed E-state index contributed by atoms with van der Waals surface area (Å²) in [5.74, 6) is -1.35. The number of rotatable bonds is 5. The van der Waals surface area contributed by atoms with Crippen molar-refractivity contribution < 1.29 is 14.7 Å². The fourth-order valence-electron chi connectivity index (χ4n) is 1.66. The predicted octanol–water partition coefficient (Wildman–Crippen LogP) is 0.0948. The van der Waals surface area contributed by atoms with Gasteiger partial charge in [-0.05, 0) is 32.2 Å². The van der Waals surface area contributed by atoms with Crippen molar-refractivity contribution in [2.75, 3.05) is 6.54 Å². The maximum Gasteiger partial charge on any atom is 0.329 e. The van der Waals surface area contributed by atoms with Crippen LogP contribution in [0.1, 0.15) is 32.6 Å². The Morgan fingerprint density at radius 1 is 1.53 bits per heavy atom. The minimum absolute atomic E-state index is 0.206. The number of hydrogen-bond donors (Lipinski definition) is 3. The van der Waals surface area contributed by atoms with E-state index in [1.54, 1.807) is 6.92 Å². The normalized spacial score (nSPS) is 20.1. The molecule has 0 aromatic rings. The Hall–Kier alpha value is -1.10. The average Bonchev–Trinajstić information content (AvgIpc) is 2.10. The summed E-state index contributed by atoms with van der Waals surface area (Å²) < 4.78 is 0. The van der Waals surface area contributed by atoms with Crippen molar-refractivity contribution in [1.29, 1.82) is 0 Å². The highest BCUT2D eigenvalue weighted by Crippen LogP contribution is 2.32. The highest BCUT2D eigenvalue weighted by molar-refractivity contribution is 5.88. The van der Waals surface area contributed by atoms with Crippen molar-refractivity contribution >= 4 is 11.9 Å². The third kappa shape index (κ3) is 2.47. The SMILES string of the molecule is CC(CCN)C(=O)NC1(C(=O)O)CCC1. The first-order valence-corrected chi connectivity index (χ1v) is 5.27. The zero-order chi connectivity index (χ0) is 11.5. The second kappa shape index (κ2) is 4.61. The van der Waals surface area contributed by atoms with E-state index in [4.69, 9.17) is 10.8 Å². The highest BCUT2D eigenvalue weighted by atomic mass is 16.4. The molecule has 1 aliphatic carbocycles. The molecule has 0 aliphatic heterocycles. The number of carboxylic acid groups (broad SMARTS) is 1. The Morgan fingerprint density at radius 3 is 2.47 bits per heavy atom. The molecule has 0 heterocycles. The molecule has 0 spiro atoms. The first-order chi connectivity index (χ1) is 7.02. The summed E-state index contributed by atoms with van der Waals surface area (Å²) >= 11 is 0. The number of carboxylic acids is 1. The molecule has 0 saturated heterocycles. The van der Waals surface area contributed by atoms with Gasteiger partial charge in [-0.25, -0.2) is 4.79 Å². The van der Waals surface area contributed by atoms with E-state index >= 15 is 0 Å². The van der Waals surface area contributed by atoms with Crippen LogP contribution in [-0.4, -0.2) is 29.1 Å². The van der Waals surface area contributed by atoms with E-state index in [2.05, 4.69) is 5.32 Å². The number of hydrogen-bond acceptors (Lipinski definition) is 3. The quantitative estimate of drug-likeness (QED) is 0.605. The lowest BCUT2D eigenvalue weighted by Crippen LogP contribution is -2.60. The van der Waals surface area contributed by atoms with E-state index in [0.717, 1.165) is 6.42 Å². The van der Waals surface area contributed by atoms with Crippen LogP contribution in [0.3, 0.4) is 0 Å². The van der Waals surface area contributed by atoms with Crippen LogP contribution in [0.5, 0.6) is 0 Å². The Morgan fingerprint density at radius 2 is 2.13 bits per heavy atom. The van der Waals surface area contributed by atoms with Crippen LogP contribution >= 0.6 is 0 Å². The van der Waals surface area contributed by atoms with Crippen molar-refractivity contribution in [1.82, 2.24) is 5.32 Å². The summed E-state index contributed by atoms with van der Waals surface area (Å²) in [4.78, 5) is 22.6. The van der Waals surface area contributed by atoms with E-state index in [-0.39, 0.29) is 11.8 Å². The molecule has 86 valence electrons. The number of amides is 1. The smallest absolute Gasteiger partial charge is 0.329 e. The maximum absolute atomic E-state index is 11.6. The number of nitrogens with one attached hydrogen (secondary N) is 1. The maximum atomic E-state index is 11.6. The van der Waals surface area contributed by atoms with Gasteiger partial charge in [-0.15, -0.1) is 0 Å². The third-order valence-corrected chi connectivity index (χ3v) is 3.03. The van der Waals surface area contributed by atoms with Crippen LogP contribution in [-0.2, 0) is 9.59 Å². The van der Waals surface area contributed by atoms with Crippen molar-refractivity contribution in [3.05, 3.63) is 0 Å². The number of carbonyl (C=O) groups excluding carboxylic acids is 1. The zero-order valence-corrected chi connectivity index (χ0v) is 8.95.